The minimum atomic E-state index is -4.55. The molecule has 1 saturated heterocycles. The van der Waals surface area contributed by atoms with E-state index in [0.717, 1.165) is 35.9 Å². The van der Waals surface area contributed by atoms with Crippen LogP contribution < -0.4 is 4.90 Å². The molecule has 0 unspecified atom stereocenters. The van der Waals surface area contributed by atoms with Crippen molar-refractivity contribution in [3.05, 3.63) is 28.8 Å². The number of hydrogen-bond donors (Lipinski definition) is 0. The molecule has 23 heavy (non-hydrogen) atoms. The third-order valence-corrected chi connectivity index (χ3v) is 4.02. The normalized spacial score (nSPS) is 14.9. The maximum absolute atomic E-state index is 12.9. The highest BCUT2D eigenvalue weighted by Gasteiger charge is 2.32. The summed E-state index contributed by atoms with van der Waals surface area (Å²) in [6.45, 7) is 2.06. The lowest BCUT2D eigenvalue weighted by molar-refractivity contribution is -0.137. The number of rotatable bonds is 3. The van der Waals surface area contributed by atoms with Crippen molar-refractivity contribution in [1.82, 2.24) is 4.90 Å². The molecule has 2 amide bonds. The molecule has 0 aliphatic carbocycles. The molecule has 0 aromatic heterocycles. The molecule has 1 fully saturated rings. The second-order valence-corrected chi connectivity index (χ2v) is 5.76. The van der Waals surface area contributed by atoms with Crippen LogP contribution in [-0.2, 0) is 15.8 Å². The lowest BCUT2D eigenvalue weighted by Gasteiger charge is -2.25. The van der Waals surface area contributed by atoms with Gasteiger partial charge in [0.1, 0.15) is 6.54 Å². The highest BCUT2D eigenvalue weighted by Crippen LogP contribution is 2.35. The standard InChI is InChI=1S/C15H16ClF3N2O2/c1-10(22)21(9-14(23)20-6-2-3-7-20)13-8-11(15(17,18)19)4-5-12(13)16/h4-5,8H,2-3,6-7,9H2,1H3. The predicted octanol–water partition coefficient (Wildman–Crippen LogP) is 3.33. The summed E-state index contributed by atoms with van der Waals surface area (Å²) in [7, 11) is 0. The maximum Gasteiger partial charge on any atom is 0.416 e. The predicted molar refractivity (Wildman–Crippen MR) is 80.3 cm³/mol. The number of carbonyl (C=O) groups is 2. The molecule has 1 aromatic carbocycles. The molecule has 0 spiro atoms. The lowest BCUT2D eigenvalue weighted by atomic mass is 10.1. The van der Waals surface area contributed by atoms with Crippen molar-refractivity contribution in [3.8, 4) is 0 Å². The summed E-state index contributed by atoms with van der Waals surface area (Å²) in [5.74, 6) is -0.843. The molecule has 0 atom stereocenters. The Hall–Kier alpha value is -1.76. The van der Waals surface area contributed by atoms with Crippen LogP contribution in [0.15, 0.2) is 18.2 Å². The van der Waals surface area contributed by atoms with E-state index in [1.165, 1.54) is 6.92 Å². The van der Waals surface area contributed by atoms with Gasteiger partial charge in [0.05, 0.1) is 16.3 Å². The monoisotopic (exact) mass is 348 g/mol. The Kier molecular flexibility index (Phi) is 5.19. The van der Waals surface area contributed by atoms with Crippen LogP contribution in [0.25, 0.3) is 0 Å². The smallest absolute Gasteiger partial charge is 0.341 e. The zero-order valence-corrected chi connectivity index (χ0v) is 13.2. The minimum absolute atomic E-state index is 0.0116. The lowest BCUT2D eigenvalue weighted by Crippen LogP contribution is -2.41. The van der Waals surface area contributed by atoms with E-state index in [0.29, 0.717) is 13.1 Å². The molecule has 4 nitrogen and oxygen atoms in total. The van der Waals surface area contributed by atoms with Crippen molar-refractivity contribution in [1.29, 1.82) is 0 Å². The third-order valence-electron chi connectivity index (χ3n) is 3.70. The van der Waals surface area contributed by atoms with Crippen LogP contribution in [0.4, 0.5) is 18.9 Å². The van der Waals surface area contributed by atoms with Gasteiger partial charge in [-0.1, -0.05) is 11.6 Å². The van der Waals surface area contributed by atoms with Crippen LogP contribution in [0.2, 0.25) is 5.02 Å². The van der Waals surface area contributed by atoms with Crippen molar-refractivity contribution in [2.75, 3.05) is 24.5 Å². The highest BCUT2D eigenvalue weighted by molar-refractivity contribution is 6.34. The first-order valence-electron chi connectivity index (χ1n) is 7.13. The molecule has 126 valence electrons. The summed E-state index contributed by atoms with van der Waals surface area (Å²) in [6.07, 6.45) is -2.78. The highest BCUT2D eigenvalue weighted by atomic mass is 35.5. The van der Waals surface area contributed by atoms with Crippen LogP contribution in [0.1, 0.15) is 25.3 Å². The van der Waals surface area contributed by atoms with Crippen LogP contribution in [-0.4, -0.2) is 36.3 Å². The first-order chi connectivity index (χ1) is 10.7. The van der Waals surface area contributed by atoms with E-state index in [-0.39, 0.29) is 23.2 Å². The topological polar surface area (TPSA) is 40.6 Å². The zero-order chi connectivity index (χ0) is 17.2. The first kappa shape index (κ1) is 17.6. The van der Waals surface area contributed by atoms with E-state index in [1.807, 2.05) is 0 Å². The van der Waals surface area contributed by atoms with Gasteiger partial charge in [-0.25, -0.2) is 0 Å². The number of amides is 2. The molecule has 0 bridgehead atoms. The number of benzene rings is 1. The van der Waals surface area contributed by atoms with Gasteiger partial charge in [-0.05, 0) is 31.0 Å². The second kappa shape index (κ2) is 6.78. The Morgan fingerprint density at radius 3 is 2.39 bits per heavy atom. The Bertz CT molecular complexity index is 613. The fourth-order valence-electron chi connectivity index (χ4n) is 2.46. The van der Waals surface area contributed by atoms with Crippen molar-refractivity contribution in [2.45, 2.75) is 25.9 Å². The quantitative estimate of drug-likeness (QED) is 0.840. The van der Waals surface area contributed by atoms with E-state index < -0.39 is 17.6 Å². The summed E-state index contributed by atoms with van der Waals surface area (Å²) in [4.78, 5) is 26.6. The van der Waals surface area contributed by atoms with Gasteiger partial charge < -0.3 is 9.80 Å². The van der Waals surface area contributed by atoms with Gasteiger partial charge in [-0.15, -0.1) is 0 Å². The number of alkyl halides is 3. The van der Waals surface area contributed by atoms with E-state index in [4.69, 9.17) is 11.6 Å². The number of nitrogens with zero attached hydrogens (tertiary/aromatic N) is 2. The van der Waals surface area contributed by atoms with E-state index in [1.54, 1.807) is 4.90 Å². The zero-order valence-electron chi connectivity index (χ0n) is 12.5. The molecule has 1 heterocycles. The van der Waals surface area contributed by atoms with Gasteiger partial charge in [0.2, 0.25) is 11.8 Å². The van der Waals surface area contributed by atoms with Gasteiger partial charge in [0.15, 0.2) is 0 Å². The number of anilines is 1. The minimum Gasteiger partial charge on any atom is -0.341 e. The largest absolute Gasteiger partial charge is 0.416 e. The number of hydrogen-bond acceptors (Lipinski definition) is 2. The average Bonchev–Trinajstić information content (AvgIpc) is 2.98. The molecule has 0 saturated carbocycles. The van der Waals surface area contributed by atoms with Crippen molar-refractivity contribution in [2.24, 2.45) is 0 Å². The van der Waals surface area contributed by atoms with E-state index >= 15 is 0 Å². The summed E-state index contributed by atoms with van der Waals surface area (Å²) in [5.41, 5.74) is -1.03. The van der Waals surface area contributed by atoms with Gasteiger partial charge >= 0.3 is 6.18 Å². The molecular weight excluding hydrogens is 333 g/mol. The second-order valence-electron chi connectivity index (χ2n) is 5.36. The van der Waals surface area contributed by atoms with Gasteiger partial charge in [-0.3, -0.25) is 9.59 Å². The molecule has 1 aliphatic heterocycles. The number of likely N-dealkylation sites (tertiary alicyclic amines) is 1. The van der Waals surface area contributed by atoms with Crippen molar-refractivity contribution >= 4 is 29.1 Å². The molecular formula is C15H16ClF3N2O2. The fourth-order valence-corrected chi connectivity index (χ4v) is 2.68. The molecule has 2 rings (SSSR count). The van der Waals surface area contributed by atoms with Crippen molar-refractivity contribution in [3.63, 3.8) is 0 Å². The van der Waals surface area contributed by atoms with Crippen molar-refractivity contribution < 1.29 is 22.8 Å². The number of carbonyl (C=O) groups excluding carboxylic acids is 2. The average molecular weight is 349 g/mol. The Balaban J connectivity index is 2.30. The Morgan fingerprint density at radius 1 is 1.26 bits per heavy atom. The summed E-state index contributed by atoms with van der Waals surface area (Å²) >= 11 is 5.94. The third kappa shape index (κ3) is 4.16. The van der Waals surface area contributed by atoms with Gasteiger partial charge in [-0.2, -0.15) is 13.2 Å². The van der Waals surface area contributed by atoms with Crippen LogP contribution in [0.5, 0.6) is 0 Å². The summed E-state index contributed by atoms with van der Waals surface area (Å²) in [5, 5.41) is -0.0116. The molecule has 0 N–H and O–H groups in total. The number of halogens is 4. The maximum atomic E-state index is 12.9. The van der Waals surface area contributed by atoms with Crippen LogP contribution >= 0.6 is 11.6 Å². The van der Waals surface area contributed by atoms with Gasteiger partial charge in [0.25, 0.3) is 0 Å². The molecule has 1 aromatic rings. The molecule has 0 radical (unpaired) electrons. The van der Waals surface area contributed by atoms with E-state index in [9.17, 15) is 22.8 Å². The fraction of sp³-hybridized carbons (Fsp3) is 0.467. The summed E-state index contributed by atoms with van der Waals surface area (Å²) in [6, 6.07) is 2.71. The Morgan fingerprint density at radius 2 is 1.87 bits per heavy atom. The molecule has 8 heteroatoms. The first-order valence-corrected chi connectivity index (χ1v) is 7.50. The van der Waals surface area contributed by atoms with Crippen LogP contribution in [0, 0.1) is 0 Å². The van der Waals surface area contributed by atoms with Gasteiger partial charge in [0, 0.05) is 20.0 Å². The summed E-state index contributed by atoms with van der Waals surface area (Å²) < 4.78 is 38.6. The van der Waals surface area contributed by atoms with E-state index in [2.05, 4.69) is 0 Å². The SMILES string of the molecule is CC(=O)N(CC(=O)N1CCCC1)c1cc(C(F)(F)F)ccc1Cl. The van der Waals surface area contributed by atoms with Crippen LogP contribution in [0.3, 0.4) is 0 Å². The Labute approximate surface area is 136 Å². The molecule has 1 aliphatic rings.